The molecule has 21 heavy (non-hydrogen) atoms. The van der Waals surface area contributed by atoms with Crippen LogP contribution in [0.5, 0.6) is 5.88 Å². The summed E-state index contributed by atoms with van der Waals surface area (Å²) in [6.07, 6.45) is 4.59. The molecule has 2 saturated heterocycles. The van der Waals surface area contributed by atoms with E-state index in [9.17, 15) is 0 Å². The predicted molar refractivity (Wildman–Crippen MR) is 77.2 cm³/mol. The van der Waals surface area contributed by atoms with Crippen molar-refractivity contribution in [3.8, 4) is 5.88 Å². The van der Waals surface area contributed by atoms with Crippen LogP contribution < -0.4 is 10.1 Å². The lowest BCUT2D eigenvalue weighted by atomic mass is 9.80. The van der Waals surface area contributed by atoms with Crippen molar-refractivity contribution in [1.82, 2.24) is 15.3 Å². The molecule has 3 heterocycles. The Labute approximate surface area is 125 Å². The number of rotatable bonds is 4. The molecule has 0 aromatic carbocycles. The normalized spacial score (nSPS) is 30.5. The minimum atomic E-state index is -0.0882. The van der Waals surface area contributed by atoms with Crippen molar-refractivity contribution in [2.24, 2.45) is 5.92 Å². The lowest BCUT2D eigenvalue weighted by molar-refractivity contribution is -0.103. The Balaban J connectivity index is 1.78. The van der Waals surface area contributed by atoms with E-state index in [1.165, 1.54) is 0 Å². The summed E-state index contributed by atoms with van der Waals surface area (Å²) < 4.78 is 16.8. The molecule has 2 aliphatic heterocycles. The molecule has 1 N–H and O–H groups in total. The van der Waals surface area contributed by atoms with Crippen molar-refractivity contribution in [3.05, 3.63) is 18.1 Å². The molecule has 116 valence electrons. The highest BCUT2D eigenvalue weighted by Crippen LogP contribution is 2.40. The topological polar surface area (TPSA) is 65.5 Å². The van der Waals surface area contributed by atoms with Crippen LogP contribution in [-0.2, 0) is 9.47 Å². The van der Waals surface area contributed by atoms with E-state index in [0.29, 0.717) is 18.4 Å². The van der Waals surface area contributed by atoms with Crippen molar-refractivity contribution >= 4 is 0 Å². The summed E-state index contributed by atoms with van der Waals surface area (Å²) in [7, 11) is 3.60. The second-order valence-corrected chi connectivity index (χ2v) is 5.84. The van der Waals surface area contributed by atoms with Crippen molar-refractivity contribution in [1.29, 1.82) is 0 Å². The molecule has 0 amide bonds. The number of hydrogen-bond donors (Lipinski definition) is 1. The van der Waals surface area contributed by atoms with Gasteiger partial charge in [-0.25, -0.2) is 9.97 Å². The van der Waals surface area contributed by atoms with Gasteiger partial charge in [0.25, 0.3) is 0 Å². The van der Waals surface area contributed by atoms with Gasteiger partial charge in [0.05, 0.1) is 31.1 Å². The summed E-state index contributed by atoms with van der Waals surface area (Å²) in [5.74, 6) is 1.08. The standard InChI is InChI=1S/C15H23N3O3/c1-16-14(12-7-13(19-2)18-10-17-12)11-3-5-21-15(8-11)4-6-20-9-15/h7,10-11,14,16H,3-6,8-9H2,1-2H3. The second-order valence-electron chi connectivity index (χ2n) is 5.84. The molecule has 2 fully saturated rings. The quantitative estimate of drug-likeness (QED) is 0.903. The Hall–Kier alpha value is -1.24. The molecule has 6 nitrogen and oxygen atoms in total. The molecule has 1 aromatic rings. The predicted octanol–water partition coefficient (Wildman–Crippen LogP) is 1.33. The van der Waals surface area contributed by atoms with E-state index in [2.05, 4.69) is 15.3 Å². The Morgan fingerprint density at radius 1 is 1.43 bits per heavy atom. The third-order valence-electron chi connectivity index (χ3n) is 4.57. The van der Waals surface area contributed by atoms with Crippen LogP contribution in [0.1, 0.15) is 31.0 Å². The number of ether oxygens (including phenoxy) is 3. The van der Waals surface area contributed by atoms with Gasteiger partial charge in [-0.3, -0.25) is 0 Å². The van der Waals surface area contributed by atoms with Gasteiger partial charge in [-0.15, -0.1) is 0 Å². The molecule has 0 radical (unpaired) electrons. The average Bonchev–Trinajstić information content (AvgIpc) is 2.96. The molecule has 1 spiro atoms. The SMILES string of the molecule is CNC(c1cc(OC)ncn1)C1CCOC2(CCOC2)C1. The number of nitrogens with zero attached hydrogens (tertiary/aromatic N) is 2. The van der Waals surface area contributed by atoms with Crippen LogP contribution in [0.3, 0.4) is 0 Å². The molecular weight excluding hydrogens is 270 g/mol. The Bertz CT molecular complexity index is 477. The van der Waals surface area contributed by atoms with Crippen LogP contribution in [0.4, 0.5) is 0 Å². The van der Waals surface area contributed by atoms with Crippen LogP contribution in [0.15, 0.2) is 12.4 Å². The number of aromatic nitrogens is 2. The molecule has 0 saturated carbocycles. The lowest BCUT2D eigenvalue weighted by Crippen LogP contribution is -2.43. The second kappa shape index (κ2) is 6.25. The van der Waals surface area contributed by atoms with Crippen molar-refractivity contribution < 1.29 is 14.2 Å². The Morgan fingerprint density at radius 2 is 2.33 bits per heavy atom. The summed E-state index contributed by atoms with van der Waals surface area (Å²) in [6.45, 7) is 2.31. The zero-order chi connectivity index (χ0) is 14.7. The summed E-state index contributed by atoms with van der Waals surface area (Å²) in [4.78, 5) is 8.51. The molecular formula is C15H23N3O3. The highest BCUT2D eigenvalue weighted by molar-refractivity contribution is 5.17. The highest BCUT2D eigenvalue weighted by atomic mass is 16.6. The maximum Gasteiger partial charge on any atom is 0.216 e. The summed E-state index contributed by atoms with van der Waals surface area (Å²) in [5, 5.41) is 3.40. The van der Waals surface area contributed by atoms with Gasteiger partial charge in [0.15, 0.2) is 0 Å². The van der Waals surface area contributed by atoms with E-state index in [1.54, 1.807) is 13.4 Å². The van der Waals surface area contributed by atoms with E-state index in [4.69, 9.17) is 14.2 Å². The summed E-state index contributed by atoms with van der Waals surface area (Å²) in [5.41, 5.74) is 0.889. The fourth-order valence-electron chi connectivity index (χ4n) is 3.47. The monoisotopic (exact) mass is 293 g/mol. The number of nitrogens with one attached hydrogen (secondary N) is 1. The largest absolute Gasteiger partial charge is 0.481 e. The average molecular weight is 293 g/mol. The van der Waals surface area contributed by atoms with Gasteiger partial charge in [-0.2, -0.15) is 0 Å². The van der Waals surface area contributed by atoms with E-state index >= 15 is 0 Å². The smallest absolute Gasteiger partial charge is 0.216 e. The maximum absolute atomic E-state index is 6.02. The first kappa shape index (κ1) is 14.7. The van der Waals surface area contributed by atoms with E-state index in [0.717, 1.165) is 38.2 Å². The van der Waals surface area contributed by atoms with Gasteiger partial charge < -0.3 is 19.5 Å². The molecule has 6 heteroatoms. The van der Waals surface area contributed by atoms with Crippen molar-refractivity contribution in [2.45, 2.75) is 30.9 Å². The van der Waals surface area contributed by atoms with Gasteiger partial charge >= 0.3 is 0 Å². The van der Waals surface area contributed by atoms with E-state index in [-0.39, 0.29) is 11.6 Å². The molecule has 3 unspecified atom stereocenters. The highest BCUT2D eigenvalue weighted by Gasteiger charge is 2.43. The zero-order valence-corrected chi connectivity index (χ0v) is 12.7. The van der Waals surface area contributed by atoms with Crippen LogP contribution in [0, 0.1) is 5.92 Å². The first-order chi connectivity index (χ1) is 10.3. The zero-order valence-electron chi connectivity index (χ0n) is 12.7. The van der Waals surface area contributed by atoms with Gasteiger partial charge in [0.2, 0.25) is 5.88 Å². The van der Waals surface area contributed by atoms with Crippen molar-refractivity contribution in [2.75, 3.05) is 34.0 Å². The fourth-order valence-corrected chi connectivity index (χ4v) is 3.47. The number of methoxy groups -OCH3 is 1. The van der Waals surface area contributed by atoms with Gasteiger partial charge in [0, 0.05) is 25.7 Å². The van der Waals surface area contributed by atoms with Crippen LogP contribution in [-0.4, -0.2) is 49.5 Å². The summed E-state index contributed by atoms with van der Waals surface area (Å²) in [6, 6.07) is 2.09. The van der Waals surface area contributed by atoms with E-state index < -0.39 is 0 Å². The maximum atomic E-state index is 6.02. The molecule has 0 bridgehead atoms. The molecule has 2 aliphatic rings. The third kappa shape index (κ3) is 3.02. The minimum Gasteiger partial charge on any atom is -0.481 e. The minimum absolute atomic E-state index is 0.0882. The van der Waals surface area contributed by atoms with Crippen LogP contribution in [0.25, 0.3) is 0 Å². The van der Waals surface area contributed by atoms with Crippen LogP contribution >= 0.6 is 0 Å². The van der Waals surface area contributed by atoms with Crippen molar-refractivity contribution in [3.63, 3.8) is 0 Å². The molecule has 0 aliphatic carbocycles. The van der Waals surface area contributed by atoms with Gasteiger partial charge in [0.1, 0.15) is 6.33 Å². The molecule has 3 rings (SSSR count). The summed E-state index contributed by atoms with van der Waals surface area (Å²) >= 11 is 0. The Morgan fingerprint density at radius 3 is 3.05 bits per heavy atom. The first-order valence-corrected chi connectivity index (χ1v) is 7.51. The third-order valence-corrected chi connectivity index (χ3v) is 4.57. The molecule has 1 aromatic heterocycles. The lowest BCUT2D eigenvalue weighted by Gasteiger charge is -2.40. The fraction of sp³-hybridized carbons (Fsp3) is 0.733. The molecule has 3 atom stereocenters. The van der Waals surface area contributed by atoms with Gasteiger partial charge in [-0.05, 0) is 25.8 Å². The first-order valence-electron chi connectivity index (χ1n) is 7.51. The Kier molecular flexibility index (Phi) is 4.37. The van der Waals surface area contributed by atoms with Gasteiger partial charge in [-0.1, -0.05) is 0 Å². The van der Waals surface area contributed by atoms with Crippen LogP contribution in [0.2, 0.25) is 0 Å². The van der Waals surface area contributed by atoms with E-state index in [1.807, 2.05) is 13.1 Å². The number of hydrogen-bond acceptors (Lipinski definition) is 6.